The summed E-state index contributed by atoms with van der Waals surface area (Å²) in [4.78, 5) is 2.48. The van der Waals surface area contributed by atoms with E-state index >= 15 is 0 Å². The molecule has 0 fully saturated rings. The van der Waals surface area contributed by atoms with E-state index in [0.29, 0.717) is 0 Å². The second-order valence-corrected chi connectivity index (χ2v) is 15.6. The van der Waals surface area contributed by atoms with Gasteiger partial charge in [-0.15, -0.1) is 11.3 Å². The topological polar surface area (TPSA) is 3.24 Å². The van der Waals surface area contributed by atoms with Crippen molar-refractivity contribution in [1.82, 2.24) is 0 Å². The van der Waals surface area contributed by atoms with Crippen molar-refractivity contribution >= 4 is 48.6 Å². The Labute approximate surface area is 315 Å². The van der Waals surface area contributed by atoms with Gasteiger partial charge in [-0.25, -0.2) is 0 Å². The molecule has 0 saturated heterocycles. The van der Waals surface area contributed by atoms with Crippen LogP contribution in [0.5, 0.6) is 0 Å². The van der Waals surface area contributed by atoms with Gasteiger partial charge < -0.3 is 4.90 Å². The highest BCUT2D eigenvalue weighted by Gasteiger charge is 2.36. The van der Waals surface area contributed by atoms with E-state index in [0.717, 1.165) is 17.1 Å². The summed E-state index contributed by atoms with van der Waals surface area (Å²) in [6.07, 6.45) is 0. The molecule has 8 aromatic carbocycles. The fourth-order valence-electron chi connectivity index (χ4n) is 8.40. The number of hydrogen-bond donors (Lipinski definition) is 0. The lowest BCUT2D eigenvalue weighted by molar-refractivity contribution is 0.660. The minimum atomic E-state index is -0.115. The second kappa shape index (κ2) is 12.5. The molecule has 0 saturated carbocycles. The van der Waals surface area contributed by atoms with Gasteiger partial charge in [0, 0.05) is 42.5 Å². The number of hydrogen-bond acceptors (Lipinski definition) is 2. The molecule has 1 aromatic heterocycles. The summed E-state index contributed by atoms with van der Waals surface area (Å²) in [6, 6.07) is 69.1. The molecule has 0 bridgehead atoms. The molecule has 252 valence electrons. The molecule has 0 unspecified atom stereocenters. The second-order valence-electron chi connectivity index (χ2n) is 14.5. The number of rotatable bonds is 6. The van der Waals surface area contributed by atoms with Crippen LogP contribution in [-0.2, 0) is 5.41 Å². The average molecular weight is 696 g/mol. The third kappa shape index (κ3) is 5.21. The summed E-state index contributed by atoms with van der Waals surface area (Å²) in [5, 5.41) is 2.60. The molecule has 53 heavy (non-hydrogen) atoms. The van der Waals surface area contributed by atoms with Gasteiger partial charge in [-0.05, 0) is 86.5 Å². The van der Waals surface area contributed by atoms with Crippen LogP contribution in [0.3, 0.4) is 0 Å². The van der Waals surface area contributed by atoms with Gasteiger partial charge in [-0.2, -0.15) is 0 Å². The summed E-state index contributed by atoms with van der Waals surface area (Å²) in [6.45, 7) is 4.73. The predicted octanol–water partition coefficient (Wildman–Crippen LogP) is 14.8. The molecule has 0 spiro atoms. The van der Waals surface area contributed by atoms with Crippen molar-refractivity contribution in [2.45, 2.75) is 19.3 Å². The Kier molecular flexibility index (Phi) is 7.42. The molecule has 1 heterocycles. The van der Waals surface area contributed by atoms with Crippen molar-refractivity contribution in [2.75, 3.05) is 4.90 Å². The van der Waals surface area contributed by atoms with Crippen LogP contribution in [0.1, 0.15) is 25.0 Å². The highest BCUT2D eigenvalue weighted by Crippen LogP contribution is 2.53. The minimum absolute atomic E-state index is 0.115. The SMILES string of the molecule is CC1(C)c2ccccc2-c2ccc(N(c3ccc(-c4ccccc4)cc3)c3ccc4c(sc5ccccc54)c3-c3ccc(-c4ccccc4)cc3)cc21. The predicted molar refractivity (Wildman–Crippen MR) is 228 cm³/mol. The fraction of sp³-hybridized carbons (Fsp3) is 0.0588. The summed E-state index contributed by atoms with van der Waals surface area (Å²) in [7, 11) is 0. The van der Waals surface area contributed by atoms with Crippen LogP contribution in [0.15, 0.2) is 188 Å². The van der Waals surface area contributed by atoms with Gasteiger partial charge in [0.25, 0.3) is 0 Å². The lowest BCUT2D eigenvalue weighted by atomic mass is 9.82. The highest BCUT2D eigenvalue weighted by atomic mass is 32.1. The molecule has 1 aliphatic carbocycles. The molecule has 1 aliphatic rings. The van der Waals surface area contributed by atoms with E-state index in [1.54, 1.807) is 0 Å². The third-order valence-corrected chi connectivity index (χ3v) is 12.3. The molecule has 2 heteroatoms. The molecule has 1 nitrogen and oxygen atoms in total. The Balaban J connectivity index is 1.22. The first kappa shape index (κ1) is 31.5. The van der Waals surface area contributed by atoms with Gasteiger partial charge in [0.1, 0.15) is 0 Å². The zero-order chi connectivity index (χ0) is 35.5. The van der Waals surface area contributed by atoms with Crippen LogP contribution in [0.2, 0.25) is 0 Å². The van der Waals surface area contributed by atoms with Crippen molar-refractivity contribution in [3.63, 3.8) is 0 Å². The van der Waals surface area contributed by atoms with Gasteiger partial charge in [0.05, 0.1) is 5.69 Å². The van der Waals surface area contributed by atoms with Crippen LogP contribution in [0, 0.1) is 0 Å². The van der Waals surface area contributed by atoms with E-state index in [2.05, 4.69) is 207 Å². The van der Waals surface area contributed by atoms with Crippen molar-refractivity contribution in [3.8, 4) is 44.5 Å². The number of thiophene rings is 1. The maximum atomic E-state index is 2.48. The van der Waals surface area contributed by atoms with E-state index in [9.17, 15) is 0 Å². The highest BCUT2D eigenvalue weighted by molar-refractivity contribution is 7.26. The quantitative estimate of drug-likeness (QED) is 0.167. The van der Waals surface area contributed by atoms with E-state index in [1.807, 2.05) is 11.3 Å². The zero-order valence-electron chi connectivity index (χ0n) is 29.8. The summed E-state index contributed by atoms with van der Waals surface area (Å²) in [5.74, 6) is 0. The van der Waals surface area contributed by atoms with Gasteiger partial charge in [0.15, 0.2) is 0 Å². The Morgan fingerprint density at radius 1 is 0.415 bits per heavy atom. The van der Waals surface area contributed by atoms with Gasteiger partial charge in [-0.1, -0.05) is 166 Å². The van der Waals surface area contributed by atoms with Crippen LogP contribution < -0.4 is 4.90 Å². The Morgan fingerprint density at radius 2 is 0.962 bits per heavy atom. The van der Waals surface area contributed by atoms with Crippen LogP contribution in [0.4, 0.5) is 17.1 Å². The van der Waals surface area contributed by atoms with E-state index in [1.165, 1.54) is 75.8 Å². The van der Waals surface area contributed by atoms with Crippen LogP contribution in [-0.4, -0.2) is 0 Å². The Bertz CT molecular complexity index is 2780. The lowest BCUT2D eigenvalue weighted by Gasteiger charge is -2.30. The lowest BCUT2D eigenvalue weighted by Crippen LogP contribution is -2.17. The molecule has 10 rings (SSSR count). The average Bonchev–Trinajstić information content (AvgIpc) is 3.71. The Hall–Kier alpha value is -6.22. The van der Waals surface area contributed by atoms with Gasteiger partial charge in [0.2, 0.25) is 0 Å². The van der Waals surface area contributed by atoms with Crippen molar-refractivity contribution in [3.05, 3.63) is 199 Å². The molecule has 0 atom stereocenters. The summed E-state index contributed by atoms with van der Waals surface area (Å²) >= 11 is 1.89. The smallest absolute Gasteiger partial charge is 0.0554 e. The first-order chi connectivity index (χ1) is 26.0. The number of nitrogens with zero attached hydrogens (tertiary/aromatic N) is 1. The van der Waals surface area contributed by atoms with Crippen LogP contribution >= 0.6 is 11.3 Å². The number of fused-ring (bicyclic) bond motifs is 6. The molecular weight excluding hydrogens is 659 g/mol. The largest absolute Gasteiger partial charge is 0.310 e. The number of anilines is 3. The maximum Gasteiger partial charge on any atom is 0.0554 e. The van der Waals surface area contributed by atoms with Gasteiger partial charge >= 0.3 is 0 Å². The summed E-state index contributed by atoms with van der Waals surface area (Å²) in [5.41, 5.74) is 16.0. The molecule has 0 aliphatic heterocycles. The first-order valence-corrected chi connectivity index (χ1v) is 19.2. The van der Waals surface area contributed by atoms with E-state index in [-0.39, 0.29) is 5.41 Å². The van der Waals surface area contributed by atoms with Crippen molar-refractivity contribution in [2.24, 2.45) is 0 Å². The molecule has 0 radical (unpaired) electrons. The third-order valence-electron chi connectivity index (χ3n) is 11.1. The Morgan fingerprint density at radius 3 is 1.68 bits per heavy atom. The zero-order valence-corrected chi connectivity index (χ0v) is 30.6. The number of benzene rings is 8. The normalized spacial score (nSPS) is 12.9. The van der Waals surface area contributed by atoms with Gasteiger partial charge in [-0.3, -0.25) is 0 Å². The molecule has 0 N–H and O–H groups in total. The van der Waals surface area contributed by atoms with Crippen LogP contribution in [0.25, 0.3) is 64.7 Å². The van der Waals surface area contributed by atoms with E-state index in [4.69, 9.17) is 0 Å². The van der Waals surface area contributed by atoms with E-state index < -0.39 is 0 Å². The maximum absolute atomic E-state index is 2.48. The molecule has 9 aromatic rings. The monoisotopic (exact) mass is 695 g/mol. The summed E-state index contributed by atoms with van der Waals surface area (Å²) < 4.78 is 2.61. The molecular formula is C51H37NS. The minimum Gasteiger partial charge on any atom is -0.310 e. The standard InChI is InChI=1S/C51H37NS/c1-51(2)45-19-11-9-17-41(45)42-30-29-40(33-46(42)51)52(39-27-25-37(26-28-39)35-15-7-4-8-16-35)47-32-31-44-43-18-10-12-20-48(43)53-50(44)49(47)38-23-21-36(22-24-38)34-13-5-3-6-14-34/h3-33H,1-2H3. The first-order valence-electron chi connectivity index (χ1n) is 18.3. The van der Waals surface area contributed by atoms with Crippen molar-refractivity contribution < 1.29 is 0 Å². The molecule has 0 amide bonds. The fourth-order valence-corrected chi connectivity index (χ4v) is 9.66. The van der Waals surface area contributed by atoms with Crippen molar-refractivity contribution in [1.29, 1.82) is 0 Å².